The van der Waals surface area contributed by atoms with Gasteiger partial charge >= 0.3 is 0 Å². The Morgan fingerprint density at radius 3 is 2.67 bits per heavy atom. The van der Waals surface area contributed by atoms with Crippen LogP contribution in [0.4, 0.5) is 0 Å². The molecule has 0 saturated carbocycles. The van der Waals surface area contributed by atoms with Gasteiger partial charge in [-0.25, -0.2) is 0 Å². The van der Waals surface area contributed by atoms with Crippen molar-refractivity contribution in [2.24, 2.45) is 5.92 Å². The smallest absolute Gasteiger partial charge is 0.287 e. The highest BCUT2D eigenvalue weighted by molar-refractivity contribution is 6.39. The van der Waals surface area contributed by atoms with Crippen molar-refractivity contribution >= 4 is 15.2 Å². The van der Waals surface area contributed by atoms with E-state index in [1.165, 1.54) is 24.5 Å². The molecule has 1 aliphatic heterocycles. The summed E-state index contributed by atoms with van der Waals surface area (Å²) in [5.74, 6) is 0.874. The lowest BCUT2D eigenvalue weighted by Crippen LogP contribution is -2.39. The Labute approximate surface area is 82.6 Å². The van der Waals surface area contributed by atoms with Crippen LogP contribution in [0.15, 0.2) is 0 Å². The predicted molar refractivity (Wildman–Crippen MR) is 55.0 cm³/mol. The lowest BCUT2D eigenvalue weighted by molar-refractivity contribution is -0.00752. The number of rotatable bonds is 3. The molecule has 0 aromatic rings. The van der Waals surface area contributed by atoms with Crippen molar-refractivity contribution in [3.05, 3.63) is 0 Å². The second kappa shape index (κ2) is 4.65. The minimum absolute atomic E-state index is 0.000617. The Kier molecular flexibility index (Phi) is 4.10. The highest BCUT2D eigenvalue weighted by Crippen LogP contribution is 2.24. The second-order valence-electron chi connectivity index (χ2n) is 4.69. The molecule has 2 heteroatoms. The van der Waals surface area contributed by atoms with E-state index in [-0.39, 0.29) is 15.2 Å². The fourth-order valence-electron chi connectivity index (χ4n) is 1.78. The quantitative estimate of drug-likeness (QED) is 0.612. The molecule has 0 aromatic carbocycles. The number of ether oxygens (including phenoxy) is 1. The van der Waals surface area contributed by atoms with E-state index in [4.69, 9.17) is 4.74 Å². The fourth-order valence-corrected chi connectivity index (χ4v) is 3.76. The van der Waals surface area contributed by atoms with Crippen molar-refractivity contribution in [1.82, 2.24) is 0 Å². The van der Waals surface area contributed by atoms with Gasteiger partial charge in [0.25, 0.3) is 15.2 Å². The van der Waals surface area contributed by atoms with E-state index >= 15 is 0 Å². The average molecular weight is 184 g/mol. The standard InChI is InChI=1S/C6H11O.C4H9.Al.H/c1-6-4-2-3-5-7-6;1-4(2)3;;/h2-5H2,1H3;4H,1H2,2-3H3;;. The molecule has 1 aliphatic rings. The van der Waals surface area contributed by atoms with Crippen LogP contribution >= 0.6 is 0 Å². The van der Waals surface area contributed by atoms with Crippen molar-refractivity contribution in [2.45, 2.75) is 49.8 Å². The molecule has 1 heterocycles. The monoisotopic (exact) mass is 184 g/mol. The predicted octanol–water partition coefficient (Wildman–Crippen LogP) is 2.41. The molecule has 0 amide bonds. The van der Waals surface area contributed by atoms with Crippen LogP contribution in [0.25, 0.3) is 0 Å². The Morgan fingerprint density at radius 1 is 1.42 bits per heavy atom. The minimum atomic E-state index is -0.000617. The molecule has 1 atom stereocenters. The van der Waals surface area contributed by atoms with Gasteiger partial charge in [-0.3, -0.25) is 0 Å². The fraction of sp³-hybridized carbons (Fsp3) is 1.00. The third-order valence-corrected chi connectivity index (χ3v) is 5.86. The summed E-state index contributed by atoms with van der Waals surface area (Å²) in [4.78, 5) is 0. The first-order chi connectivity index (χ1) is 5.62. The summed E-state index contributed by atoms with van der Waals surface area (Å²) < 4.78 is 6.23. The van der Waals surface area contributed by atoms with E-state index in [2.05, 4.69) is 20.8 Å². The molecule has 1 rings (SSSR count). The van der Waals surface area contributed by atoms with Gasteiger partial charge in [-0.2, -0.15) is 0 Å². The van der Waals surface area contributed by atoms with Crippen molar-refractivity contribution in [2.75, 3.05) is 6.61 Å². The third kappa shape index (κ3) is 3.48. The third-order valence-electron chi connectivity index (χ3n) is 2.80. The van der Waals surface area contributed by atoms with Gasteiger partial charge in [0.1, 0.15) is 0 Å². The van der Waals surface area contributed by atoms with E-state index in [0.29, 0.717) is 4.46 Å². The van der Waals surface area contributed by atoms with Crippen molar-refractivity contribution < 1.29 is 4.74 Å². The van der Waals surface area contributed by atoms with E-state index in [1.54, 1.807) is 0 Å². The summed E-state index contributed by atoms with van der Waals surface area (Å²) in [5.41, 5.74) is 0. The van der Waals surface area contributed by atoms with E-state index < -0.39 is 0 Å². The molecule has 12 heavy (non-hydrogen) atoms. The minimum Gasteiger partial charge on any atom is -0.391 e. The molecular weight excluding hydrogens is 163 g/mol. The molecule has 0 N–H and O–H groups in total. The molecule has 1 saturated heterocycles. The molecule has 0 aliphatic carbocycles. The Morgan fingerprint density at radius 2 is 2.17 bits per heavy atom. The molecule has 0 aromatic heterocycles. The summed E-state index contributed by atoms with van der Waals surface area (Å²) >= 11 is -0.000617. The lowest BCUT2D eigenvalue weighted by atomic mass is 10.1. The summed E-state index contributed by atoms with van der Waals surface area (Å²) in [6.07, 6.45) is 4.00. The molecule has 0 spiro atoms. The Bertz CT molecular complexity index is 128. The summed E-state index contributed by atoms with van der Waals surface area (Å²) in [7, 11) is 0. The molecular formula is C10H21AlO. The van der Waals surface area contributed by atoms with Gasteiger partial charge in [0.05, 0.1) is 0 Å². The van der Waals surface area contributed by atoms with Gasteiger partial charge in [0.15, 0.2) is 0 Å². The maximum absolute atomic E-state index is 5.88. The molecule has 1 unspecified atom stereocenters. The van der Waals surface area contributed by atoms with Crippen molar-refractivity contribution in [3.8, 4) is 0 Å². The van der Waals surface area contributed by atoms with Gasteiger partial charge in [0, 0.05) is 11.1 Å². The van der Waals surface area contributed by atoms with E-state index in [0.717, 1.165) is 12.5 Å². The van der Waals surface area contributed by atoms with Crippen LogP contribution in [-0.4, -0.2) is 26.3 Å². The summed E-state index contributed by atoms with van der Waals surface area (Å²) in [6.45, 7) is 7.99. The average Bonchev–Trinajstić information content (AvgIpc) is 2.03. The van der Waals surface area contributed by atoms with Crippen molar-refractivity contribution in [3.63, 3.8) is 0 Å². The zero-order valence-corrected chi connectivity index (χ0v) is 10.1. The summed E-state index contributed by atoms with van der Waals surface area (Å²) in [5, 5.41) is 1.44. The van der Waals surface area contributed by atoms with Crippen LogP contribution in [0.2, 0.25) is 5.28 Å². The molecule has 0 radical (unpaired) electrons. The Balaban J connectivity index is 2.26. The normalized spacial score (nSPS) is 30.7. The van der Waals surface area contributed by atoms with Crippen LogP contribution in [0.3, 0.4) is 0 Å². The lowest BCUT2D eigenvalue weighted by Gasteiger charge is -2.34. The molecule has 1 nitrogen and oxygen atoms in total. The van der Waals surface area contributed by atoms with Crippen LogP contribution in [0.1, 0.15) is 40.0 Å². The number of hydrogen-bond acceptors (Lipinski definition) is 1. The molecule has 1 fully saturated rings. The van der Waals surface area contributed by atoms with Gasteiger partial charge in [-0.05, 0) is 26.2 Å². The SMILES string of the molecule is CC(C)[CH2][AlH][C]1(C)CCCCO1. The van der Waals surface area contributed by atoms with Crippen molar-refractivity contribution in [1.29, 1.82) is 0 Å². The zero-order valence-electron chi connectivity index (χ0n) is 8.73. The molecule has 70 valence electrons. The first-order valence-electron chi connectivity index (χ1n) is 5.26. The van der Waals surface area contributed by atoms with Gasteiger partial charge < -0.3 is 4.74 Å². The summed E-state index contributed by atoms with van der Waals surface area (Å²) in [6, 6.07) is 0. The van der Waals surface area contributed by atoms with Crippen LogP contribution < -0.4 is 0 Å². The van der Waals surface area contributed by atoms with E-state index in [1.807, 2.05) is 0 Å². The van der Waals surface area contributed by atoms with E-state index in [9.17, 15) is 0 Å². The van der Waals surface area contributed by atoms with Gasteiger partial charge in [0.2, 0.25) is 0 Å². The largest absolute Gasteiger partial charge is 0.391 e. The Hall–Kier alpha value is 0.492. The highest BCUT2D eigenvalue weighted by atomic mass is 27.1. The van der Waals surface area contributed by atoms with Crippen LogP contribution in [0, 0.1) is 5.92 Å². The van der Waals surface area contributed by atoms with Gasteiger partial charge in [-0.1, -0.05) is 25.0 Å². The highest BCUT2D eigenvalue weighted by Gasteiger charge is 2.29. The second-order valence-corrected chi connectivity index (χ2v) is 7.26. The zero-order chi connectivity index (χ0) is 9.03. The van der Waals surface area contributed by atoms with Crippen LogP contribution in [-0.2, 0) is 4.74 Å². The van der Waals surface area contributed by atoms with Crippen LogP contribution in [0.5, 0.6) is 0 Å². The first-order valence-corrected chi connectivity index (χ1v) is 6.97. The number of hydrogen-bond donors (Lipinski definition) is 0. The maximum Gasteiger partial charge on any atom is 0.287 e. The topological polar surface area (TPSA) is 9.23 Å². The maximum atomic E-state index is 5.88. The van der Waals surface area contributed by atoms with Gasteiger partial charge in [-0.15, -0.1) is 0 Å². The molecule has 0 bridgehead atoms. The first kappa shape index (κ1) is 10.6.